The normalized spacial score (nSPS) is 19.3. The van der Waals surface area contributed by atoms with Crippen LogP contribution in [0.4, 0.5) is 4.79 Å². The molecule has 2 heterocycles. The van der Waals surface area contributed by atoms with E-state index in [2.05, 4.69) is 11.4 Å². The highest BCUT2D eigenvalue weighted by Gasteiger charge is 2.35. The highest BCUT2D eigenvalue weighted by molar-refractivity contribution is 7.08. The Hall–Kier alpha value is -1.07. The van der Waals surface area contributed by atoms with Gasteiger partial charge in [-0.15, -0.1) is 0 Å². The molecule has 2 N–H and O–H groups in total. The van der Waals surface area contributed by atoms with Crippen molar-refractivity contribution in [3.8, 4) is 0 Å². The first-order valence-corrected chi connectivity index (χ1v) is 7.54. The molecule has 1 fully saturated rings. The number of carbonyl (C=O) groups is 1. The van der Waals surface area contributed by atoms with Crippen LogP contribution in [-0.2, 0) is 10.3 Å². The van der Waals surface area contributed by atoms with Crippen LogP contribution in [0.15, 0.2) is 16.8 Å². The van der Waals surface area contributed by atoms with Crippen LogP contribution < -0.4 is 5.73 Å². The second kappa shape index (κ2) is 5.13. The SMILES string of the molecule is CC(C)(C)OC(=O)N1CCC(N)(c2ccsc2)CC1. The monoisotopic (exact) mass is 282 g/mol. The largest absolute Gasteiger partial charge is 0.444 e. The van der Waals surface area contributed by atoms with E-state index >= 15 is 0 Å². The average molecular weight is 282 g/mol. The summed E-state index contributed by atoms with van der Waals surface area (Å²) in [6, 6.07) is 2.08. The van der Waals surface area contributed by atoms with Crippen molar-refractivity contribution < 1.29 is 9.53 Å². The van der Waals surface area contributed by atoms with Crippen LogP contribution in [0.1, 0.15) is 39.2 Å². The van der Waals surface area contributed by atoms with Crippen LogP contribution in [0.25, 0.3) is 0 Å². The molecule has 0 unspecified atom stereocenters. The van der Waals surface area contributed by atoms with Gasteiger partial charge in [0.2, 0.25) is 0 Å². The molecular formula is C14H22N2O2S. The van der Waals surface area contributed by atoms with E-state index < -0.39 is 5.60 Å². The molecule has 1 amide bonds. The maximum atomic E-state index is 12.0. The van der Waals surface area contributed by atoms with E-state index in [1.807, 2.05) is 26.2 Å². The lowest BCUT2D eigenvalue weighted by atomic mass is 9.83. The predicted octanol–water partition coefficient (Wildman–Crippen LogP) is 2.93. The van der Waals surface area contributed by atoms with Gasteiger partial charge in [0.15, 0.2) is 0 Å². The van der Waals surface area contributed by atoms with Crippen LogP contribution >= 0.6 is 11.3 Å². The molecule has 5 heteroatoms. The summed E-state index contributed by atoms with van der Waals surface area (Å²) in [6.45, 7) is 6.96. The van der Waals surface area contributed by atoms with E-state index in [1.165, 1.54) is 5.56 Å². The van der Waals surface area contributed by atoms with Gasteiger partial charge in [-0.25, -0.2) is 4.79 Å². The molecule has 1 saturated heterocycles. The number of likely N-dealkylation sites (tertiary alicyclic amines) is 1. The molecule has 106 valence electrons. The topological polar surface area (TPSA) is 55.6 Å². The minimum absolute atomic E-state index is 0.236. The zero-order chi connectivity index (χ0) is 14.1. The van der Waals surface area contributed by atoms with Gasteiger partial charge in [0.1, 0.15) is 5.60 Å². The van der Waals surface area contributed by atoms with Crippen molar-refractivity contribution in [2.24, 2.45) is 5.73 Å². The Morgan fingerprint density at radius 3 is 2.53 bits per heavy atom. The summed E-state index contributed by atoms with van der Waals surface area (Å²) in [7, 11) is 0. The predicted molar refractivity (Wildman–Crippen MR) is 77.2 cm³/mol. The van der Waals surface area contributed by atoms with Gasteiger partial charge in [-0.05, 0) is 56.0 Å². The summed E-state index contributed by atoms with van der Waals surface area (Å²) in [5.41, 5.74) is 6.89. The summed E-state index contributed by atoms with van der Waals surface area (Å²) >= 11 is 1.66. The summed E-state index contributed by atoms with van der Waals surface area (Å²) in [4.78, 5) is 13.7. The number of amides is 1. The highest BCUT2D eigenvalue weighted by Crippen LogP contribution is 2.32. The molecule has 1 aliphatic rings. The fourth-order valence-electron chi connectivity index (χ4n) is 2.25. The molecule has 0 saturated carbocycles. The smallest absolute Gasteiger partial charge is 0.410 e. The number of rotatable bonds is 1. The van der Waals surface area contributed by atoms with Crippen LogP contribution in [0.3, 0.4) is 0 Å². The lowest BCUT2D eigenvalue weighted by molar-refractivity contribution is 0.0166. The van der Waals surface area contributed by atoms with Gasteiger partial charge >= 0.3 is 6.09 Å². The second-order valence-electron chi connectivity index (χ2n) is 6.14. The maximum Gasteiger partial charge on any atom is 0.410 e. The van der Waals surface area contributed by atoms with Crippen molar-refractivity contribution in [3.63, 3.8) is 0 Å². The van der Waals surface area contributed by atoms with Crippen LogP contribution in [0.5, 0.6) is 0 Å². The number of nitrogens with two attached hydrogens (primary N) is 1. The number of hydrogen-bond acceptors (Lipinski definition) is 4. The Morgan fingerprint density at radius 2 is 2.05 bits per heavy atom. The van der Waals surface area contributed by atoms with Crippen molar-refractivity contribution in [1.29, 1.82) is 0 Å². The standard InChI is InChI=1S/C14H22N2O2S/c1-13(2,3)18-12(17)16-7-5-14(15,6-8-16)11-4-9-19-10-11/h4,9-10H,5-8,15H2,1-3H3. The Kier molecular flexibility index (Phi) is 3.87. The van der Waals surface area contributed by atoms with Gasteiger partial charge in [0.25, 0.3) is 0 Å². The molecule has 0 aliphatic carbocycles. The maximum absolute atomic E-state index is 12.0. The van der Waals surface area contributed by atoms with Crippen molar-refractivity contribution >= 4 is 17.4 Å². The van der Waals surface area contributed by atoms with Gasteiger partial charge in [-0.1, -0.05) is 0 Å². The molecule has 0 radical (unpaired) electrons. The number of thiophene rings is 1. The Balaban J connectivity index is 1.94. The van der Waals surface area contributed by atoms with Crippen molar-refractivity contribution in [3.05, 3.63) is 22.4 Å². The van der Waals surface area contributed by atoms with Crippen LogP contribution in [-0.4, -0.2) is 29.7 Å². The number of ether oxygens (including phenoxy) is 1. The number of nitrogens with zero attached hydrogens (tertiary/aromatic N) is 1. The van der Waals surface area contributed by atoms with E-state index in [0.717, 1.165) is 12.8 Å². The molecule has 0 spiro atoms. The summed E-state index contributed by atoms with van der Waals surface area (Å²) < 4.78 is 5.38. The van der Waals surface area contributed by atoms with E-state index in [4.69, 9.17) is 10.5 Å². The molecular weight excluding hydrogens is 260 g/mol. The third-order valence-corrected chi connectivity index (χ3v) is 4.09. The molecule has 0 bridgehead atoms. The van der Waals surface area contributed by atoms with Gasteiger partial charge in [0.05, 0.1) is 0 Å². The third-order valence-electron chi connectivity index (χ3n) is 3.40. The first kappa shape index (κ1) is 14.3. The molecule has 1 aromatic rings. The summed E-state index contributed by atoms with van der Waals surface area (Å²) in [5.74, 6) is 0. The fraction of sp³-hybridized carbons (Fsp3) is 0.643. The molecule has 0 atom stereocenters. The van der Waals surface area contributed by atoms with Crippen molar-refractivity contribution in [2.75, 3.05) is 13.1 Å². The number of piperidine rings is 1. The average Bonchev–Trinajstić information content (AvgIpc) is 2.81. The zero-order valence-corrected chi connectivity index (χ0v) is 12.6. The van der Waals surface area contributed by atoms with Gasteiger partial charge in [-0.3, -0.25) is 0 Å². The Labute approximate surface area is 118 Å². The molecule has 0 aromatic carbocycles. The number of carbonyl (C=O) groups excluding carboxylic acids is 1. The molecule has 2 rings (SSSR count). The third kappa shape index (κ3) is 3.48. The molecule has 4 nitrogen and oxygen atoms in total. The van der Waals surface area contributed by atoms with Crippen LogP contribution in [0.2, 0.25) is 0 Å². The minimum atomic E-state index is -0.443. The fourth-order valence-corrected chi connectivity index (χ4v) is 3.01. The Morgan fingerprint density at radius 1 is 1.42 bits per heavy atom. The first-order valence-electron chi connectivity index (χ1n) is 6.60. The molecule has 19 heavy (non-hydrogen) atoms. The van der Waals surface area contributed by atoms with E-state index in [9.17, 15) is 4.79 Å². The second-order valence-corrected chi connectivity index (χ2v) is 6.92. The van der Waals surface area contributed by atoms with Crippen molar-refractivity contribution in [2.45, 2.75) is 44.8 Å². The lowest BCUT2D eigenvalue weighted by Gasteiger charge is -2.39. The van der Waals surface area contributed by atoms with Gasteiger partial charge in [0, 0.05) is 18.6 Å². The highest BCUT2D eigenvalue weighted by atomic mass is 32.1. The quantitative estimate of drug-likeness (QED) is 0.861. The van der Waals surface area contributed by atoms with E-state index in [-0.39, 0.29) is 11.6 Å². The van der Waals surface area contributed by atoms with Crippen LogP contribution in [0, 0.1) is 0 Å². The van der Waals surface area contributed by atoms with Gasteiger partial charge in [-0.2, -0.15) is 11.3 Å². The summed E-state index contributed by atoms with van der Waals surface area (Å²) in [5, 5.41) is 4.15. The Bertz CT molecular complexity index is 429. The minimum Gasteiger partial charge on any atom is -0.444 e. The number of hydrogen-bond donors (Lipinski definition) is 1. The zero-order valence-electron chi connectivity index (χ0n) is 11.8. The lowest BCUT2D eigenvalue weighted by Crippen LogP contribution is -2.50. The first-order chi connectivity index (χ1) is 8.80. The molecule has 1 aromatic heterocycles. The van der Waals surface area contributed by atoms with E-state index in [1.54, 1.807) is 16.2 Å². The van der Waals surface area contributed by atoms with E-state index in [0.29, 0.717) is 13.1 Å². The van der Waals surface area contributed by atoms with Crippen molar-refractivity contribution in [1.82, 2.24) is 4.90 Å². The molecule has 1 aliphatic heterocycles. The summed E-state index contributed by atoms with van der Waals surface area (Å²) in [6.07, 6.45) is 1.33. The van der Waals surface area contributed by atoms with Gasteiger partial charge < -0.3 is 15.4 Å².